The quantitative estimate of drug-likeness (QED) is 0.442. The molecule has 2 aliphatic heterocycles. The second kappa shape index (κ2) is 10.1. The molecule has 0 atom stereocenters. The van der Waals surface area contributed by atoms with Gasteiger partial charge >= 0.3 is 6.09 Å². The molecular formula is C23H32IN5O4S. The molecule has 1 amide bonds. The van der Waals surface area contributed by atoms with E-state index in [0.717, 1.165) is 22.7 Å². The number of sulfonamides is 1. The second-order valence-electron chi connectivity index (χ2n) is 9.51. The first-order valence-electron chi connectivity index (χ1n) is 11.1. The van der Waals surface area contributed by atoms with Crippen LogP contribution in [0.5, 0.6) is 0 Å². The average molecular weight is 602 g/mol. The molecule has 0 unspecified atom stereocenters. The molecule has 11 heteroatoms. The SMILES string of the molecule is Cc1ccc(S(=O)(=O)N2C=C(I)/C(=C(/N)N3CCC(CNC(=O)OC(C)(C)C)CC3)C2=N)cc1. The van der Waals surface area contributed by atoms with Crippen LogP contribution >= 0.6 is 22.6 Å². The van der Waals surface area contributed by atoms with Crippen LogP contribution in [0.1, 0.15) is 39.2 Å². The van der Waals surface area contributed by atoms with Crippen LogP contribution in [0.25, 0.3) is 0 Å². The molecule has 1 saturated heterocycles. The van der Waals surface area contributed by atoms with Gasteiger partial charge in [0.1, 0.15) is 11.4 Å². The maximum absolute atomic E-state index is 13.1. The molecule has 0 radical (unpaired) electrons. The number of benzene rings is 1. The highest BCUT2D eigenvalue weighted by Gasteiger charge is 2.36. The molecule has 1 fully saturated rings. The summed E-state index contributed by atoms with van der Waals surface area (Å²) in [4.78, 5) is 14.0. The zero-order chi connectivity index (χ0) is 25.3. The van der Waals surface area contributed by atoms with E-state index in [1.54, 1.807) is 24.3 Å². The van der Waals surface area contributed by atoms with E-state index in [1.165, 1.54) is 6.20 Å². The molecule has 2 aliphatic rings. The van der Waals surface area contributed by atoms with Crippen LogP contribution in [0.15, 0.2) is 50.3 Å². The number of amidine groups is 1. The summed E-state index contributed by atoms with van der Waals surface area (Å²) < 4.78 is 33.1. The summed E-state index contributed by atoms with van der Waals surface area (Å²) in [5, 5.41) is 11.4. The number of nitrogens with two attached hydrogens (primary N) is 1. The largest absolute Gasteiger partial charge is 0.444 e. The van der Waals surface area contributed by atoms with Crippen molar-refractivity contribution in [3.63, 3.8) is 0 Å². The summed E-state index contributed by atoms with van der Waals surface area (Å²) in [6.07, 6.45) is 2.63. The average Bonchev–Trinajstić information content (AvgIpc) is 3.06. The van der Waals surface area contributed by atoms with Gasteiger partial charge in [0.15, 0.2) is 5.84 Å². The minimum atomic E-state index is -3.90. The van der Waals surface area contributed by atoms with Gasteiger partial charge in [-0.15, -0.1) is 0 Å². The lowest BCUT2D eigenvalue weighted by atomic mass is 9.96. The number of amides is 1. The Morgan fingerprint density at radius 2 is 1.82 bits per heavy atom. The standard InChI is InChI=1S/C23H32IN5O4S/c1-15-5-7-17(8-6-15)34(31,32)29-14-18(24)19(21(29)26)20(25)28-11-9-16(10-12-28)13-27-22(30)33-23(2,3)4/h5-8,14,16,26H,9-13,25H2,1-4H3,(H,27,30)/b20-19+,26-21?. The van der Waals surface area contributed by atoms with Crippen molar-refractivity contribution in [2.24, 2.45) is 11.7 Å². The van der Waals surface area contributed by atoms with E-state index in [9.17, 15) is 13.2 Å². The summed E-state index contributed by atoms with van der Waals surface area (Å²) in [6, 6.07) is 6.54. The third-order valence-corrected chi connectivity index (χ3v) is 8.14. The third-order valence-electron chi connectivity index (χ3n) is 5.65. The molecule has 1 aromatic rings. The maximum Gasteiger partial charge on any atom is 0.407 e. The van der Waals surface area contributed by atoms with Crippen LogP contribution in [0, 0.1) is 18.3 Å². The van der Waals surface area contributed by atoms with Crippen molar-refractivity contribution in [1.29, 1.82) is 5.41 Å². The van der Waals surface area contributed by atoms with E-state index in [1.807, 2.05) is 55.2 Å². The number of rotatable bonds is 5. The van der Waals surface area contributed by atoms with Gasteiger partial charge in [-0.3, -0.25) is 5.41 Å². The van der Waals surface area contributed by atoms with Gasteiger partial charge in [-0.05, 0) is 81.2 Å². The van der Waals surface area contributed by atoms with E-state index in [0.29, 0.717) is 34.6 Å². The Morgan fingerprint density at radius 1 is 1.24 bits per heavy atom. The molecule has 1 aromatic carbocycles. The van der Waals surface area contributed by atoms with Gasteiger partial charge in [0.05, 0.1) is 10.5 Å². The number of ether oxygens (including phenoxy) is 1. The molecule has 0 bridgehead atoms. The van der Waals surface area contributed by atoms with E-state index < -0.39 is 21.7 Å². The van der Waals surface area contributed by atoms with Crippen molar-refractivity contribution >= 4 is 44.5 Å². The van der Waals surface area contributed by atoms with Gasteiger partial charge in [0, 0.05) is 29.4 Å². The Bertz CT molecular complexity index is 1120. The first kappa shape index (κ1) is 26.3. The van der Waals surface area contributed by atoms with Crippen LogP contribution in [0.4, 0.5) is 4.79 Å². The molecule has 0 aliphatic carbocycles. The Labute approximate surface area is 215 Å². The van der Waals surface area contributed by atoms with E-state index in [4.69, 9.17) is 15.9 Å². The molecule has 0 saturated carbocycles. The number of nitrogens with zero attached hydrogens (tertiary/aromatic N) is 2. The monoisotopic (exact) mass is 601 g/mol. The third kappa shape index (κ3) is 6.04. The van der Waals surface area contributed by atoms with Crippen molar-refractivity contribution in [2.75, 3.05) is 19.6 Å². The van der Waals surface area contributed by atoms with Gasteiger partial charge in [0.25, 0.3) is 10.0 Å². The number of piperidine rings is 1. The minimum Gasteiger partial charge on any atom is -0.444 e. The fraction of sp³-hybridized carbons (Fsp3) is 0.478. The van der Waals surface area contributed by atoms with E-state index >= 15 is 0 Å². The Morgan fingerprint density at radius 3 is 2.38 bits per heavy atom. The van der Waals surface area contributed by atoms with Gasteiger partial charge in [-0.25, -0.2) is 17.5 Å². The molecule has 0 aromatic heterocycles. The topological polar surface area (TPSA) is 129 Å². The normalized spacial score (nSPS) is 19.2. The maximum atomic E-state index is 13.1. The van der Waals surface area contributed by atoms with Crippen molar-refractivity contribution in [3.05, 3.63) is 51.0 Å². The molecule has 0 spiro atoms. The molecule has 34 heavy (non-hydrogen) atoms. The summed E-state index contributed by atoms with van der Waals surface area (Å²) in [5.41, 5.74) is 7.28. The number of alkyl carbamates (subject to hydrolysis) is 1. The Hall–Kier alpha value is -2.28. The van der Waals surface area contributed by atoms with Crippen molar-refractivity contribution in [2.45, 2.75) is 51.0 Å². The lowest BCUT2D eigenvalue weighted by Crippen LogP contribution is -2.42. The lowest BCUT2D eigenvalue weighted by molar-refractivity contribution is 0.0511. The minimum absolute atomic E-state index is 0.126. The second-order valence-corrected chi connectivity index (χ2v) is 12.5. The highest BCUT2D eigenvalue weighted by Crippen LogP contribution is 2.35. The van der Waals surface area contributed by atoms with Crippen molar-refractivity contribution < 1.29 is 17.9 Å². The lowest BCUT2D eigenvalue weighted by Gasteiger charge is -2.34. The van der Waals surface area contributed by atoms with Crippen LogP contribution in [-0.4, -0.2) is 54.8 Å². The summed E-state index contributed by atoms with van der Waals surface area (Å²) >= 11 is 2.02. The summed E-state index contributed by atoms with van der Waals surface area (Å²) in [5.74, 6) is 0.527. The molecule has 4 N–H and O–H groups in total. The summed E-state index contributed by atoms with van der Waals surface area (Å²) in [7, 11) is -3.90. The Kier molecular flexibility index (Phi) is 7.85. The van der Waals surface area contributed by atoms with Crippen LogP contribution in [-0.2, 0) is 14.8 Å². The zero-order valence-corrected chi connectivity index (χ0v) is 22.9. The number of aryl methyl sites for hydroxylation is 1. The predicted molar refractivity (Wildman–Crippen MR) is 140 cm³/mol. The van der Waals surface area contributed by atoms with Crippen molar-refractivity contribution in [1.82, 2.24) is 14.5 Å². The van der Waals surface area contributed by atoms with Gasteiger partial charge < -0.3 is 20.7 Å². The Balaban J connectivity index is 1.65. The van der Waals surface area contributed by atoms with E-state index in [-0.39, 0.29) is 16.6 Å². The first-order chi connectivity index (χ1) is 15.8. The van der Waals surface area contributed by atoms with Crippen LogP contribution in [0.3, 0.4) is 0 Å². The number of carbonyl (C=O) groups excluding carboxylic acids is 1. The molecular weight excluding hydrogens is 569 g/mol. The van der Waals surface area contributed by atoms with Crippen LogP contribution < -0.4 is 11.1 Å². The molecule has 9 nitrogen and oxygen atoms in total. The highest BCUT2D eigenvalue weighted by molar-refractivity contribution is 14.1. The van der Waals surface area contributed by atoms with Crippen molar-refractivity contribution in [3.8, 4) is 0 Å². The van der Waals surface area contributed by atoms with Gasteiger partial charge in [0.2, 0.25) is 0 Å². The number of hydrogen-bond acceptors (Lipinski definition) is 7. The van der Waals surface area contributed by atoms with Crippen LogP contribution in [0.2, 0.25) is 0 Å². The number of carbonyl (C=O) groups is 1. The van der Waals surface area contributed by atoms with E-state index in [2.05, 4.69) is 5.32 Å². The zero-order valence-electron chi connectivity index (χ0n) is 19.9. The number of halogens is 1. The fourth-order valence-corrected chi connectivity index (χ4v) is 6.07. The van der Waals surface area contributed by atoms with Gasteiger partial charge in [-0.2, -0.15) is 0 Å². The first-order valence-corrected chi connectivity index (χ1v) is 13.6. The molecule has 3 rings (SSSR count). The number of hydrogen-bond donors (Lipinski definition) is 3. The fourth-order valence-electron chi connectivity index (χ4n) is 3.79. The highest BCUT2D eigenvalue weighted by atomic mass is 127. The number of likely N-dealkylation sites (tertiary alicyclic amines) is 1. The predicted octanol–water partition coefficient (Wildman–Crippen LogP) is 3.66. The smallest absolute Gasteiger partial charge is 0.407 e. The van der Waals surface area contributed by atoms with Gasteiger partial charge in [-0.1, -0.05) is 17.7 Å². The molecule has 186 valence electrons. The molecule has 2 heterocycles. The number of nitrogens with one attached hydrogen (secondary N) is 2. The summed E-state index contributed by atoms with van der Waals surface area (Å²) in [6.45, 7) is 9.18.